The first kappa shape index (κ1) is 27.7. The van der Waals surface area contributed by atoms with Crippen LogP contribution in [0.1, 0.15) is 25.0 Å². The Balaban J connectivity index is 1.24. The van der Waals surface area contributed by atoms with Gasteiger partial charge in [0.1, 0.15) is 11.2 Å². The van der Waals surface area contributed by atoms with Gasteiger partial charge in [-0.05, 0) is 124 Å². The van der Waals surface area contributed by atoms with Gasteiger partial charge in [-0.15, -0.1) is 0 Å². The second-order valence-electron chi connectivity index (χ2n) is 14.4. The number of rotatable bonds is 2. The van der Waals surface area contributed by atoms with Crippen LogP contribution in [-0.2, 0) is 5.41 Å². The van der Waals surface area contributed by atoms with Crippen LogP contribution in [-0.4, -0.2) is 0 Å². The van der Waals surface area contributed by atoms with Crippen LogP contribution in [0.25, 0.3) is 98.4 Å². The first-order valence-electron chi connectivity index (χ1n) is 17.5. The van der Waals surface area contributed by atoms with Crippen molar-refractivity contribution in [2.24, 2.45) is 0 Å². The van der Waals surface area contributed by atoms with Crippen LogP contribution in [0.2, 0.25) is 0 Å². The van der Waals surface area contributed by atoms with E-state index in [-0.39, 0.29) is 5.41 Å². The molecule has 0 fully saturated rings. The van der Waals surface area contributed by atoms with Gasteiger partial charge >= 0.3 is 0 Å². The van der Waals surface area contributed by atoms with Crippen LogP contribution in [0, 0.1) is 0 Å². The minimum absolute atomic E-state index is 0.139. The van der Waals surface area contributed by atoms with Crippen molar-refractivity contribution in [2.45, 2.75) is 19.3 Å². The Morgan fingerprint density at radius 1 is 0.360 bits per heavy atom. The summed E-state index contributed by atoms with van der Waals surface area (Å²) >= 11 is 0. The molecule has 0 amide bonds. The molecule has 9 aromatic carbocycles. The van der Waals surface area contributed by atoms with Gasteiger partial charge in [-0.3, -0.25) is 0 Å². The van der Waals surface area contributed by atoms with Gasteiger partial charge in [0.2, 0.25) is 0 Å². The summed E-state index contributed by atoms with van der Waals surface area (Å²) in [5, 5.41) is 12.5. The number of para-hydroxylation sites is 1. The second kappa shape index (κ2) is 9.94. The Labute approximate surface area is 290 Å². The van der Waals surface area contributed by atoms with E-state index < -0.39 is 0 Å². The third kappa shape index (κ3) is 3.72. The van der Waals surface area contributed by atoms with Crippen LogP contribution < -0.4 is 0 Å². The third-order valence-corrected chi connectivity index (χ3v) is 11.4. The fourth-order valence-electron chi connectivity index (χ4n) is 9.04. The van der Waals surface area contributed by atoms with E-state index in [2.05, 4.69) is 166 Å². The quantitative estimate of drug-likeness (QED) is 0.136. The monoisotopic (exact) mass is 636 g/mol. The molecular weight excluding hydrogens is 605 g/mol. The second-order valence-corrected chi connectivity index (χ2v) is 14.4. The van der Waals surface area contributed by atoms with Crippen molar-refractivity contribution in [2.75, 3.05) is 0 Å². The molecule has 1 aromatic heterocycles. The maximum atomic E-state index is 6.45. The third-order valence-electron chi connectivity index (χ3n) is 11.4. The standard InChI is InChI=1S/C49H32O/c1-49(2)42-17-9-7-16-40(42)48-43(49)27-33-25-31(20-22-36(33)47(48)32-21-23-38-37-15-8-10-18-44(37)50-45(38)28-32)46-35-14-6-4-12-30(35)26-41-34-13-5-3-11-29(34)19-24-39(41)46/h3-28H,1-2H3. The van der Waals surface area contributed by atoms with Crippen LogP contribution in [0.3, 0.4) is 0 Å². The Morgan fingerprint density at radius 2 is 1.00 bits per heavy atom. The average Bonchev–Trinajstić information content (AvgIpc) is 3.64. The van der Waals surface area contributed by atoms with Gasteiger partial charge in [-0.2, -0.15) is 0 Å². The highest BCUT2D eigenvalue weighted by atomic mass is 16.3. The number of benzene rings is 9. The van der Waals surface area contributed by atoms with E-state index in [1.807, 2.05) is 6.07 Å². The van der Waals surface area contributed by atoms with Crippen molar-refractivity contribution in [3.63, 3.8) is 0 Å². The zero-order valence-corrected chi connectivity index (χ0v) is 27.9. The largest absolute Gasteiger partial charge is 0.456 e. The van der Waals surface area contributed by atoms with E-state index >= 15 is 0 Å². The topological polar surface area (TPSA) is 13.1 Å². The van der Waals surface area contributed by atoms with E-state index in [9.17, 15) is 0 Å². The van der Waals surface area contributed by atoms with Gasteiger partial charge < -0.3 is 4.42 Å². The highest BCUT2D eigenvalue weighted by molar-refractivity contribution is 6.21. The normalized spacial score (nSPS) is 13.6. The van der Waals surface area contributed by atoms with Gasteiger partial charge in [0.15, 0.2) is 0 Å². The molecule has 0 saturated carbocycles. The first-order chi connectivity index (χ1) is 24.5. The molecule has 1 heteroatoms. The average molecular weight is 637 g/mol. The number of fused-ring (bicyclic) bond motifs is 11. The van der Waals surface area contributed by atoms with Crippen molar-refractivity contribution in [1.82, 2.24) is 0 Å². The molecule has 11 rings (SSSR count). The predicted octanol–water partition coefficient (Wildman–Crippen LogP) is 13.8. The molecule has 0 N–H and O–H groups in total. The zero-order chi connectivity index (χ0) is 33.1. The Hall–Kier alpha value is -6.18. The molecule has 1 aliphatic carbocycles. The van der Waals surface area contributed by atoms with Crippen molar-refractivity contribution in [3.05, 3.63) is 169 Å². The lowest BCUT2D eigenvalue weighted by Crippen LogP contribution is -2.15. The molecule has 0 spiro atoms. The number of hydrogen-bond acceptors (Lipinski definition) is 1. The fraction of sp³-hybridized carbons (Fsp3) is 0.0612. The molecule has 0 radical (unpaired) electrons. The van der Waals surface area contributed by atoms with Gasteiger partial charge in [0, 0.05) is 16.2 Å². The number of furan rings is 1. The van der Waals surface area contributed by atoms with Crippen LogP contribution in [0.4, 0.5) is 0 Å². The van der Waals surface area contributed by atoms with Crippen molar-refractivity contribution in [3.8, 4) is 33.4 Å². The lowest BCUT2D eigenvalue weighted by Gasteiger charge is -2.23. The SMILES string of the molecule is CC1(C)c2ccccc2-c2c1cc1cc(-c3c4ccccc4cc4c3ccc3ccccc34)ccc1c2-c1ccc2c(c1)oc1ccccc12. The lowest BCUT2D eigenvalue weighted by atomic mass is 9.80. The molecular formula is C49H32O. The zero-order valence-electron chi connectivity index (χ0n) is 27.9. The van der Waals surface area contributed by atoms with Gasteiger partial charge in [-0.25, -0.2) is 0 Å². The summed E-state index contributed by atoms with van der Waals surface area (Å²) in [6, 6.07) is 58.3. The highest BCUT2D eigenvalue weighted by Crippen LogP contribution is 2.55. The summed E-state index contributed by atoms with van der Waals surface area (Å²) in [5.74, 6) is 0. The minimum Gasteiger partial charge on any atom is -0.456 e. The summed E-state index contributed by atoms with van der Waals surface area (Å²) < 4.78 is 6.45. The van der Waals surface area contributed by atoms with Crippen LogP contribution in [0.5, 0.6) is 0 Å². The van der Waals surface area contributed by atoms with Gasteiger partial charge in [-0.1, -0.05) is 135 Å². The maximum absolute atomic E-state index is 6.45. The highest BCUT2D eigenvalue weighted by Gasteiger charge is 2.37. The van der Waals surface area contributed by atoms with E-state index in [1.54, 1.807) is 0 Å². The Bertz CT molecular complexity index is 3060. The minimum atomic E-state index is -0.139. The summed E-state index contributed by atoms with van der Waals surface area (Å²) in [6.45, 7) is 4.76. The molecule has 0 aliphatic heterocycles. The molecule has 1 aliphatic rings. The molecule has 1 nitrogen and oxygen atoms in total. The van der Waals surface area contributed by atoms with E-state index in [0.717, 1.165) is 21.9 Å². The maximum Gasteiger partial charge on any atom is 0.136 e. The molecule has 0 unspecified atom stereocenters. The Morgan fingerprint density at radius 3 is 1.88 bits per heavy atom. The van der Waals surface area contributed by atoms with E-state index in [1.165, 1.54) is 87.6 Å². The molecule has 50 heavy (non-hydrogen) atoms. The van der Waals surface area contributed by atoms with Crippen molar-refractivity contribution >= 4 is 65.0 Å². The molecule has 0 saturated heterocycles. The van der Waals surface area contributed by atoms with Gasteiger partial charge in [0.25, 0.3) is 0 Å². The van der Waals surface area contributed by atoms with Crippen LogP contribution >= 0.6 is 0 Å². The summed E-state index contributed by atoms with van der Waals surface area (Å²) in [7, 11) is 0. The van der Waals surface area contributed by atoms with Crippen molar-refractivity contribution in [1.29, 1.82) is 0 Å². The molecule has 0 bridgehead atoms. The van der Waals surface area contributed by atoms with Crippen LogP contribution in [0.15, 0.2) is 162 Å². The van der Waals surface area contributed by atoms with E-state index in [0.29, 0.717) is 0 Å². The fourth-order valence-corrected chi connectivity index (χ4v) is 9.04. The number of hydrogen-bond donors (Lipinski definition) is 0. The molecule has 0 atom stereocenters. The summed E-state index contributed by atoms with van der Waals surface area (Å²) in [6.07, 6.45) is 0. The lowest BCUT2D eigenvalue weighted by molar-refractivity contribution is 0.661. The smallest absolute Gasteiger partial charge is 0.136 e. The van der Waals surface area contributed by atoms with Crippen molar-refractivity contribution < 1.29 is 4.42 Å². The molecule has 10 aromatic rings. The van der Waals surface area contributed by atoms with E-state index in [4.69, 9.17) is 4.42 Å². The first-order valence-corrected chi connectivity index (χ1v) is 17.5. The predicted molar refractivity (Wildman–Crippen MR) is 212 cm³/mol. The molecule has 234 valence electrons. The van der Waals surface area contributed by atoms with Gasteiger partial charge in [0.05, 0.1) is 0 Å². The molecule has 1 heterocycles. The Kier molecular flexibility index (Phi) is 5.51. The summed E-state index contributed by atoms with van der Waals surface area (Å²) in [4.78, 5) is 0. The summed E-state index contributed by atoms with van der Waals surface area (Å²) in [5.41, 5.74) is 12.1.